The Hall–Kier alpha value is -0.730. The van der Waals surface area contributed by atoms with Crippen molar-refractivity contribution in [1.29, 1.82) is 0 Å². The Labute approximate surface area is 108 Å². The SMILES string of the molecule is CC(N)Cc1c(O)c(Cl)cc2c1CCCCC2. The number of aryl methyl sites for hydroxylation is 1. The quantitative estimate of drug-likeness (QED) is 0.795. The van der Waals surface area contributed by atoms with E-state index in [1.54, 1.807) is 0 Å². The molecule has 2 nitrogen and oxygen atoms in total. The van der Waals surface area contributed by atoms with Gasteiger partial charge in [-0.05, 0) is 56.2 Å². The van der Waals surface area contributed by atoms with Crippen LogP contribution in [0.2, 0.25) is 5.02 Å². The highest BCUT2D eigenvalue weighted by Crippen LogP contribution is 2.36. The number of halogens is 1. The summed E-state index contributed by atoms with van der Waals surface area (Å²) in [5.74, 6) is 0.240. The minimum Gasteiger partial charge on any atom is -0.506 e. The normalized spacial score (nSPS) is 17.4. The Kier molecular flexibility index (Phi) is 3.95. The molecule has 3 N–H and O–H groups in total. The van der Waals surface area contributed by atoms with E-state index in [-0.39, 0.29) is 11.8 Å². The van der Waals surface area contributed by atoms with Crippen molar-refractivity contribution in [2.24, 2.45) is 5.73 Å². The molecule has 17 heavy (non-hydrogen) atoms. The Balaban J connectivity index is 2.49. The fraction of sp³-hybridized carbons (Fsp3) is 0.571. The summed E-state index contributed by atoms with van der Waals surface area (Å²) in [5.41, 5.74) is 9.44. The maximum atomic E-state index is 10.1. The number of benzene rings is 1. The molecule has 3 heteroatoms. The smallest absolute Gasteiger partial charge is 0.137 e. The maximum absolute atomic E-state index is 10.1. The molecule has 1 aliphatic carbocycles. The first kappa shape index (κ1) is 12.7. The molecular formula is C14H20ClNO. The molecule has 0 saturated heterocycles. The number of hydrogen-bond acceptors (Lipinski definition) is 2. The average molecular weight is 254 g/mol. The van der Waals surface area contributed by atoms with E-state index in [4.69, 9.17) is 17.3 Å². The first-order chi connectivity index (χ1) is 8.09. The first-order valence-corrected chi connectivity index (χ1v) is 6.75. The van der Waals surface area contributed by atoms with Crippen molar-refractivity contribution >= 4 is 11.6 Å². The molecule has 2 rings (SSSR count). The van der Waals surface area contributed by atoms with Crippen molar-refractivity contribution in [3.05, 3.63) is 27.8 Å². The van der Waals surface area contributed by atoms with E-state index in [2.05, 4.69) is 0 Å². The summed E-state index contributed by atoms with van der Waals surface area (Å²) in [7, 11) is 0. The van der Waals surface area contributed by atoms with Gasteiger partial charge >= 0.3 is 0 Å². The molecular weight excluding hydrogens is 234 g/mol. The van der Waals surface area contributed by atoms with Crippen LogP contribution in [0.4, 0.5) is 0 Å². The van der Waals surface area contributed by atoms with Crippen molar-refractivity contribution in [3.63, 3.8) is 0 Å². The van der Waals surface area contributed by atoms with Crippen LogP contribution >= 0.6 is 11.6 Å². The Morgan fingerprint density at radius 2 is 2.06 bits per heavy atom. The van der Waals surface area contributed by atoms with Crippen LogP contribution < -0.4 is 5.73 Å². The lowest BCUT2D eigenvalue weighted by atomic mass is 9.92. The zero-order chi connectivity index (χ0) is 12.4. The van der Waals surface area contributed by atoms with E-state index in [1.165, 1.54) is 30.4 Å². The minimum absolute atomic E-state index is 0.0479. The van der Waals surface area contributed by atoms with Gasteiger partial charge in [0.05, 0.1) is 5.02 Å². The van der Waals surface area contributed by atoms with Crippen LogP contribution in [0.1, 0.15) is 42.9 Å². The topological polar surface area (TPSA) is 46.2 Å². The van der Waals surface area contributed by atoms with Crippen molar-refractivity contribution in [1.82, 2.24) is 0 Å². The molecule has 0 fully saturated rings. The van der Waals surface area contributed by atoms with Crippen LogP contribution in [0.3, 0.4) is 0 Å². The van der Waals surface area contributed by atoms with Gasteiger partial charge in [0, 0.05) is 11.6 Å². The standard InChI is InChI=1S/C14H20ClNO/c1-9(16)7-12-11-6-4-2-3-5-10(11)8-13(15)14(12)17/h8-9,17H,2-7,16H2,1H3. The number of phenols is 1. The lowest BCUT2D eigenvalue weighted by molar-refractivity contribution is 0.464. The summed E-state index contributed by atoms with van der Waals surface area (Å²) in [6.07, 6.45) is 6.48. The highest BCUT2D eigenvalue weighted by Gasteiger charge is 2.19. The number of hydrogen-bond donors (Lipinski definition) is 2. The monoisotopic (exact) mass is 253 g/mol. The second-order valence-corrected chi connectivity index (χ2v) is 5.47. The lowest BCUT2D eigenvalue weighted by Crippen LogP contribution is -2.19. The first-order valence-electron chi connectivity index (χ1n) is 6.37. The van der Waals surface area contributed by atoms with E-state index >= 15 is 0 Å². The molecule has 94 valence electrons. The van der Waals surface area contributed by atoms with Gasteiger partial charge in [0.2, 0.25) is 0 Å². The maximum Gasteiger partial charge on any atom is 0.137 e. The summed E-state index contributed by atoms with van der Waals surface area (Å²) >= 11 is 6.10. The Morgan fingerprint density at radius 1 is 1.35 bits per heavy atom. The molecule has 1 atom stereocenters. The van der Waals surface area contributed by atoms with Gasteiger partial charge in [0.15, 0.2) is 0 Å². The van der Waals surface area contributed by atoms with Gasteiger partial charge in [-0.1, -0.05) is 18.0 Å². The van der Waals surface area contributed by atoms with Crippen molar-refractivity contribution in [2.45, 2.75) is 51.5 Å². The highest BCUT2D eigenvalue weighted by molar-refractivity contribution is 6.32. The molecule has 0 amide bonds. The summed E-state index contributed by atoms with van der Waals surface area (Å²) in [4.78, 5) is 0. The molecule has 0 saturated carbocycles. The molecule has 0 heterocycles. The molecule has 0 radical (unpaired) electrons. The second-order valence-electron chi connectivity index (χ2n) is 5.07. The largest absolute Gasteiger partial charge is 0.506 e. The zero-order valence-corrected chi connectivity index (χ0v) is 11.1. The van der Waals surface area contributed by atoms with Crippen molar-refractivity contribution in [2.75, 3.05) is 0 Å². The van der Waals surface area contributed by atoms with E-state index < -0.39 is 0 Å². The van der Waals surface area contributed by atoms with Crippen molar-refractivity contribution in [3.8, 4) is 5.75 Å². The molecule has 1 aliphatic rings. The van der Waals surface area contributed by atoms with Crippen LogP contribution in [0.15, 0.2) is 6.07 Å². The molecule has 1 aromatic carbocycles. The number of aromatic hydroxyl groups is 1. The van der Waals surface area contributed by atoms with Crippen LogP contribution in [-0.4, -0.2) is 11.1 Å². The molecule has 1 unspecified atom stereocenters. The van der Waals surface area contributed by atoms with E-state index in [0.29, 0.717) is 11.4 Å². The number of fused-ring (bicyclic) bond motifs is 1. The predicted molar refractivity (Wildman–Crippen MR) is 71.7 cm³/mol. The fourth-order valence-electron chi connectivity index (χ4n) is 2.66. The van der Waals surface area contributed by atoms with Gasteiger partial charge in [-0.3, -0.25) is 0 Å². The predicted octanol–water partition coefficient (Wildman–Crippen LogP) is 3.20. The van der Waals surface area contributed by atoms with Gasteiger partial charge in [0.1, 0.15) is 5.75 Å². The van der Waals surface area contributed by atoms with Gasteiger partial charge in [-0.15, -0.1) is 0 Å². The van der Waals surface area contributed by atoms with Gasteiger partial charge in [0.25, 0.3) is 0 Å². The summed E-state index contributed by atoms with van der Waals surface area (Å²) < 4.78 is 0. The third kappa shape index (κ3) is 2.75. The van der Waals surface area contributed by atoms with E-state index in [9.17, 15) is 5.11 Å². The highest BCUT2D eigenvalue weighted by atomic mass is 35.5. The summed E-state index contributed by atoms with van der Waals surface area (Å²) in [5, 5.41) is 10.6. The Morgan fingerprint density at radius 3 is 2.76 bits per heavy atom. The lowest BCUT2D eigenvalue weighted by Gasteiger charge is -2.17. The van der Waals surface area contributed by atoms with E-state index in [0.717, 1.165) is 18.4 Å². The zero-order valence-electron chi connectivity index (χ0n) is 10.3. The van der Waals surface area contributed by atoms with Crippen LogP contribution in [0.5, 0.6) is 5.75 Å². The number of nitrogens with two attached hydrogens (primary N) is 1. The number of rotatable bonds is 2. The van der Waals surface area contributed by atoms with Crippen LogP contribution in [0.25, 0.3) is 0 Å². The molecule has 0 aromatic heterocycles. The van der Waals surface area contributed by atoms with Crippen molar-refractivity contribution < 1.29 is 5.11 Å². The Bertz CT molecular complexity index is 415. The minimum atomic E-state index is 0.0479. The number of phenolic OH excluding ortho intramolecular Hbond substituents is 1. The second kappa shape index (κ2) is 5.28. The van der Waals surface area contributed by atoms with Gasteiger partial charge in [-0.25, -0.2) is 0 Å². The third-order valence-corrected chi connectivity index (χ3v) is 3.75. The third-order valence-electron chi connectivity index (χ3n) is 3.46. The summed E-state index contributed by atoms with van der Waals surface area (Å²) in [6.45, 7) is 1.96. The molecule has 1 aromatic rings. The molecule has 0 aliphatic heterocycles. The molecule has 0 spiro atoms. The van der Waals surface area contributed by atoms with Crippen LogP contribution in [-0.2, 0) is 19.3 Å². The summed E-state index contributed by atoms with van der Waals surface area (Å²) in [6, 6.07) is 1.98. The fourth-order valence-corrected chi connectivity index (χ4v) is 2.91. The van der Waals surface area contributed by atoms with Crippen LogP contribution in [0, 0.1) is 0 Å². The molecule has 0 bridgehead atoms. The van der Waals surface area contributed by atoms with Gasteiger partial charge in [-0.2, -0.15) is 0 Å². The van der Waals surface area contributed by atoms with Gasteiger partial charge < -0.3 is 10.8 Å². The average Bonchev–Trinajstić information content (AvgIpc) is 2.49. The van der Waals surface area contributed by atoms with E-state index in [1.807, 2.05) is 13.0 Å².